The lowest BCUT2D eigenvalue weighted by Gasteiger charge is -2.32. The lowest BCUT2D eigenvalue weighted by molar-refractivity contribution is 0.0946. The Labute approximate surface area is 351 Å². The van der Waals surface area contributed by atoms with Gasteiger partial charge in [-0.3, -0.25) is 9.52 Å². The number of likely N-dealkylation sites (N-methyl/N-ethyl adjacent to an activating group) is 1. The molecule has 16 nitrogen and oxygen atoms in total. The van der Waals surface area contributed by atoms with E-state index in [1.54, 1.807) is 54.7 Å². The third kappa shape index (κ3) is 11.3. The first-order valence-electron chi connectivity index (χ1n) is 19.6. The quantitative estimate of drug-likeness (QED) is 0.0690. The van der Waals surface area contributed by atoms with Crippen molar-refractivity contribution in [2.24, 2.45) is 0 Å². The molecule has 318 valence electrons. The number of nitrogens with one attached hydrogen (secondary N) is 5. The van der Waals surface area contributed by atoms with Crippen LogP contribution in [0.5, 0.6) is 23.1 Å². The highest BCUT2D eigenvalue weighted by atomic mass is 32.2. The van der Waals surface area contributed by atoms with Crippen LogP contribution in [0.15, 0.2) is 79.0 Å². The number of anilines is 5. The van der Waals surface area contributed by atoms with E-state index in [0.717, 1.165) is 51.0 Å². The first-order valence-corrected chi connectivity index (χ1v) is 21.4. The van der Waals surface area contributed by atoms with E-state index in [2.05, 4.69) is 52.8 Å². The van der Waals surface area contributed by atoms with Crippen molar-refractivity contribution in [3.8, 4) is 23.1 Å². The second-order valence-corrected chi connectivity index (χ2v) is 17.3. The first-order chi connectivity index (χ1) is 28.6. The molecule has 17 heteroatoms. The number of amides is 3. The molecule has 0 atom stereocenters. The molecule has 0 bridgehead atoms. The number of aromatic nitrogens is 2. The standard InChI is InChI=1S/C43H53N9O7S/c1-43(2,3)28-25-34(39(58-6)35(26-28)50-60(7,55)56)48-42(54)47-33-15-16-36(31-12-9-8-11-30(31)33)59-38-17-19-45-41(49-38)46-29-13-14-32(37(27-29)57-5)40(53)44-18-10-20-52-23-21-51(4)22-24-52/h8-9,11-17,19,25-27,50H,10,18,20-24H2,1-7H3,(H,44,53)(H,45,46,49)(H2,47,48,54). The van der Waals surface area contributed by atoms with E-state index < -0.39 is 16.1 Å². The minimum Gasteiger partial charge on any atom is -0.496 e. The monoisotopic (exact) mass is 839 g/mol. The van der Waals surface area contributed by atoms with Crippen LogP contribution in [0.1, 0.15) is 43.1 Å². The second kappa shape index (κ2) is 18.8. The second-order valence-electron chi connectivity index (χ2n) is 15.6. The molecule has 2 heterocycles. The van der Waals surface area contributed by atoms with Gasteiger partial charge in [-0.15, -0.1) is 0 Å². The Kier molecular flexibility index (Phi) is 13.6. The number of carbonyl (C=O) groups is 2. The molecule has 0 aliphatic carbocycles. The largest absolute Gasteiger partial charge is 0.496 e. The average molecular weight is 840 g/mol. The van der Waals surface area contributed by atoms with Crippen LogP contribution in [0.4, 0.5) is 33.5 Å². The number of methoxy groups -OCH3 is 2. The molecule has 1 saturated heterocycles. The van der Waals surface area contributed by atoms with Gasteiger partial charge in [-0.25, -0.2) is 18.2 Å². The molecule has 1 aromatic heterocycles. The summed E-state index contributed by atoms with van der Waals surface area (Å²) < 4.78 is 44.2. The SMILES string of the molecule is COc1cc(Nc2nccc(Oc3ccc(NC(=O)Nc4cc(C(C)(C)C)cc(NS(C)(=O)=O)c4OC)c4ccccc34)n2)ccc1C(=O)NCCCN1CCN(C)CC1. The van der Waals surface area contributed by atoms with Crippen LogP contribution in [-0.2, 0) is 15.4 Å². The average Bonchev–Trinajstić information content (AvgIpc) is 3.20. The van der Waals surface area contributed by atoms with Crippen LogP contribution >= 0.6 is 0 Å². The van der Waals surface area contributed by atoms with Crippen molar-refractivity contribution >= 4 is 61.4 Å². The van der Waals surface area contributed by atoms with Crippen LogP contribution in [0.2, 0.25) is 0 Å². The molecule has 5 aromatic rings. The van der Waals surface area contributed by atoms with Crippen LogP contribution in [0.3, 0.4) is 0 Å². The maximum absolute atomic E-state index is 13.5. The fraction of sp³-hybridized carbons (Fsp3) is 0.349. The van der Waals surface area contributed by atoms with Crippen LogP contribution in [0.25, 0.3) is 10.8 Å². The third-order valence-electron chi connectivity index (χ3n) is 9.91. The summed E-state index contributed by atoms with van der Waals surface area (Å²) in [7, 11) is 1.41. The highest BCUT2D eigenvalue weighted by Gasteiger charge is 2.23. The Morgan fingerprint density at radius 2 is 1.55 bits per heavy atom. The van der Waals surface area contributed by atoms with Gasteiger partial charge >= 0.3 is 6.03 Å². The summed E-state index contributed by atoms with van der Waals surface area (Å²) in [5.74, 6) is 1.37. The molecule has 0 radical (unpaired) electrons. The molecular weight excluding hydrogens is 787 g/mol. The highest BCUT2D eigenvalue weighted by Crippen LogP contribution is 2.40. The van der Waals surface area contributed by atoms with Crippen molar-refractivity contribution in [2.45, 2.75) is 32.6 Å². The van der Waals surface area contributed by atoms with E-state index >= 15 is 0 Å². The molecule has 5 N–H and O–H groups in total. The van der Waals surface area contributed by atoms with Gasteiger partial charge in [0, 0.05) is 67.5 Å². The number of sulfonamides is 1. The molecule has 4 aromatic carbocycles. The number of piperazine rings is 1. The summed E-state index contributed by atoms with van der Waals surface area (Å²) in [4.78, 5) is 40.2. The van der Waals surface area contributed by atoms with Crippen LogP contribution < -0.4 is 40.2 Å². The number of hydrogen-bond donors (Lipinski definition) is 5. The van der Waals surface area contributed by atoms with Gasteiger partial charge in [-0.2, -0.15) is 4.98 Å². The molecule has 0 unspecified atom stereocenters. The Morgan fingerprint density at radius 1 is 0.833 bits per heavy atom. The molecule has 1 aliphatic heterocycles. The van der Waals surface area contributed by atoms with Crippen molar-refractivity contribution in [2.75, 3.05) is 87.5 Å². The van der Waals surface area contributed by atoms with Gasteiger partial charge in [0.1, 0.15) is 11.5 Å². The number of rotatable bonds is 15. The lowest BCUT2D eigenvalue weighted by Crippen LogP contribution is -2.45. The fourth-order valence-electron chi connectivity index (χ4n) is 6.72. The summed E-state index contributed by atoms with van der Waals surface area (Å²) >= 11 is 0. The van der Waals surface area contributed by atoms with E-state index in [4.69, 9.17) is 14.2 Å². The van der Waals surface area contributed by atoms with E-state index in [-0.39, 0.29) is 40.3 Å². The normalized spacial score (nSPS) is 13.7. The number of benzene rings is 4. The Morgan fingerprint density at radius 3 is 2.25 bits per heavy atom. The van der Waals surface area contributed by atoms with Gasteiger partial charge in [0.2, 0.25) is 21.9 Å². The zero-order valence-corrected chi connectivity index (χ0v) is 35.8. The summed E-state index contributed by atoms with van der Waals surface area (Å²) in [6.07, 6.45) is 3.48. The van der Waals surface area contributed by atoms with E-state index in [1.165, 1.54) is 14.2 Å². The van der Waals surface area contributed by atoms with Crippen molar-refractivity contribution < 1.29 is 32.2 Å². The predicted molar refractivity (Wildman–Crippen MR) is 236 cm³/mol. The fourth-order valence-corrected chi connectivity index (χ4v) is 7.28. The molecule has 6 rings (SSSR count). The van der Waals surface area contributed by atoms with Crippen LogP contribution in [-0.4, -0.2) is 107 Å². The van der Waals surface area contributed by atoms with E-state index in [1.807, 2.05) is 45.0 Å². The van der Waals surface area contributed by atoms with Gasteiger partial charge in [-0.05, 0) is 67.4 Å². The molecule has 3 amide bonds. The summed E-state index contributed by atoms with van der Waals surface area (Å²) in [6.45, 7) is 11.7. The summed E-state index contributed by atoms with van der Waals surface area (Å²) in [6, 6.07) is 20.6. The maximum atomic E-state index is 13.5. The first kappa shape index (κ1) is 43.4. The molecule has 0 saturated carbocycles. The Bertz CT molecular complexity index is 2450. The Hall–Kier alpha value is -6.17. The number of urea groups is 1. The van der Waals surface area contributed by atoms with Crippen molar-refractivity contribution in [3.05, 3.63) is 90.1 Å². The number of hydrogen-bond acceptors (Lipinski definition) is 12. The van der Waals surface area contributed by atoms with E-state index in [0.29, 0.717) is 45.8 Å². The minimum atomic E-state index is -3.65. The number of nitrogens with zero attached hydrogens (tertiary/aromatic N) is 4. The van der Waals surface area contributed by atoms with Crippen LogP contribution in [0, 0.1) is 0 Å². The van der Waals surface area contributed by atoms with Gasteiger partial charge in [0.15, 0.2) is 5.75 Å². The zero-order chi connectivity index (χ0) is 43.0. The van der Waals surface area contributed by atoms with Gasteiger partial charge < -0.3 is 45.3 Å². The molecule has 0 spiro atoms. The number of carbonyl (C=O) groups excluding carboxylic acids is 2. The Balaban J connectivity index is 1.12. The minimum absolute atomic E-state index is 0.164. The van der Waals surface area contributed by atoms with Crippen molar-refractivity contribution in [1.82, 2.24) is 25.1 Å². The molecule has 1 aliphatic rings. The summed E-state index contributed by atoms with van der Waals surface area (Å²) in [5, 5.41) is 13.3. The van der Waals surface area contributed by atoms with E-state index in [9.17, 15) is 18.0 Å². The van der Waals surface area contributed by atoms with Crippen molar-refractivity contribution in [3.63, 3.8) is 0 Å². The number of ether oxygens (including phenoxy) is 3. The zero-order valence-electron chi connectivity index (χ0n) is 35.0. The highest BCUT2D eigenvalue weighted by molar-refractivity contribution is 7.92. The van der Waals surface area contributed by atoms with Crippen molar-refractivity contribution in [1.29, 1.82) is 0 Å². The lowest BCUT2D eigenvalue weighted by atomic mass is 9.86. The van der Waals surface area contributed by atoms with Gasteiger partial charge in [0.05, 0.1) is 43.1 Å². The predicted octanol–water partition coefficient (Wildman–Crippen LogP) is 6.86. The summed E-state index contributed by atoms with van der Waals surface area (Å²) in [5.41, 5.74) is 2.43. The van der Waals surface area contributed by atoms with Gasteiger partial charge in [0.25, 0.3) is 5.91 Å². The molecular formula is C43H53N9O7S. The molecule has 60 heavy (non-hydrogen) atoms. The maximum Gasteiger partial charge on any atom is 0.323 e. The third-order valence-corrected chi connectivity index (χ3v) is 10.5. The molecule has 1 fully saturated rings. The topological polar surface area (TPSA) is 188 Å². The smallest absolute Gasteiger partial charge is 0.323 e. The number of fused-ring (bicyclic) bond motifs is 1. The van der Waals surface area contributed by atoms with Gasteiger partial charge in [-0.1, -0.05) is 45.0 Å².